The molecule has 0 saturated carbocycles. The molecule has 4 nitrogen and oxygen atoms in total. The van der Waals surface area contributed by atoms with Crippen LogP contribution in [-0.2, 0) is 9.53 Å². The highest BCUT2D eigenvalue weighted by Gasteiger charge is 2.10. The lowest BCUT2D eigenvalue weighted by molar-refractivity contribution is -0.113. The first-order chi connectivity index (χ1) is 8.25. The number of carbonyl (C=O) groups is 1. The summed E-state index contributed by atoms with van der Waals surface area (Å²) in [7, 11) is 0. The van der Waals surface area contributed by atoms with Gasteiger partial charge in [0.1, 0.15) is 0 Å². The van der Waals surface area contributed by atoms with Crippen molar-refractivity contribution in [3.63, 3.8) is 0 Å². The Balaban J connectivity index is 2.12. The van der Waals surface area contributed by atoms with Gasteiger partial charge in [-0.1, -0.05) is 12.1 Å². The highest BCUT2D eigenvalue weighted by molar-refractivity contribution is 5.90. The number of nitrogens with two attached hydrogens (primary N) is 1. The van der Waals surface area contributed by atoms with Crippen molar-refractivity contribution in [2.24, 2.45) is 5.73 Å². The van der Waals surface area contributed by atoms with Gasteiger partial charge in [-0.25, -0.2) is 0 Å². The zero-order valence-electron chi connectivity index (χ0n) is 9.63. The van der Waals surface area contributed by atoms with Crippen molar-refractivity contribution >= 4 is 17.7 Å². The fourth-order valence-electron chi connectivity index (χ4n) is 1.83. The van der Waals surface area contributed by atoms with Gasteiger partial charge >= 0.3 is 0 Å². The van der Waals surface area contributed by atoms with Gasteiger partial charge in [-0.05, 0) is 23.8 Å². The summed E-state index contributed by atoms with van der Waals surface area (Å²) in [6.07, 6.45) is 3.10. The van der Waals surface area contributed by atoms with Crippen LogP contribution in [0.4, 0.5) is 5.69 Å². The molecule has 0 aliphatic carbocycles. The lowest BCUT2D eigenvalue weighted by Gasteiger charge is -2.29. The van der Waals surface area contributed by atoms with E-state index in [-0.39, 0.29) is 0 Å². The predicted octanol–water partition coefficient (Wildman–Crippen LogP) is 1.02. The summed E-state index contributed by atoms with van der Waals surface area (Å²) < 4.78 is 5.31. The fourth-order valence-corrected chi connectivity index (χ4v) is 1.83. The lowest BCUT2D eigenvalue weighted by Crippen LogP contribution is -2.36. The number of hydrogen-bond acceptors (Lipinski definition) is 3. The number of rotatable bonds is 3. The third-order valence-corrected chi connectivity index (χ3v) is 2.69. The molecule has 1 aromatic carbocycles. The Bertz CT molecular complexity index is 423. The van der Waals surface area contributed by atoms with Crippen molar-refractivity contribution in [2.75, 3.05) is 31.2 Å². The molecular weight excluding hydrogens is 216 g/mol. The Morgan fingerprint density at radius 2 is 2.12 bits per heavy atom. The lowest BCUT2D eigenvalue weighted by atomic mass is 10.1. The maximum Gasteiger partial charge on any atom is 0.241 e. The van der Waals surface area contributed by atoms with Gasteiger partial charge < -0.3 is 15.4 Å². The average molecular weight is 232 g/mol. The van der Waals surface area contributed by atoms with E-state index in [1.807, 2.05) is 18.2 Å². The molecule has 1 aliphatic heterocycles. The monoisotopic (exact) mass is 232 g/mol. The second-order valence-corrected chi connectivity index (χ2v) is 3.93. The SMILES string of the molecule is NC(=O)C=Cc1cccc(N2CCOCC2)c1. The average Bonchev–Trinajstić information content (AvgIpc) is 2.38. The number of ether oxygens (including phenoxy) is 1. The maximum atomic E-state index is 10.7. The summed E-state index contributed by atoms with van der Waals surface area (Å²) in [5.74, 6) is -0.429. The van der Waals surface area contributed by atoms with Crippen molar-refractivity contribution in [3.8, 4) is 0 Å². The number of morpholine rings is 1. The Morgan fingerprint density at radius 3 is 2.82 bits per heavy atom. The van der Waals surface area contributed by atoms with E-state index in [2.05, 4.69) is 11.0 Å². The van der Waals surface area contributed by atoms with Gasteiger partial charge in [0.05, 0.1) is 13.2 Å². The number of benzene rings is 1. The van der Waals surface area contributed by atoms with Gasteiger partial charge in [0.25, 0.3) is 0 Å². The zero-order valence-corrected chi connectivity index (χ0v) is 9.63. The molecule has 0 bridgehead atoms. The van der Waals surface area contributed by atoms with Gasteiger partial charge in [0, 0.05) is 24.9 Å². The Morgan fingerprint density at radius 1 is 1.35 bits per heavy atom. The summed E-state index contributed by atoms with van der Waals surface area (Å²) in [5, 5.41) is 0. The molecule has 0 spiro atoms. The van der Waals surface area contributed by atoms with Crippen LogP contribution in [0.25, 0.3) is 6.08 Å². The summed E-state index contributed by atoms with van der Waals surface area (Å²) in [4.78, 5) is 12.9. The molecule has 1 saturated heterocycles. The molecule has 0 aromatic heterocycles. The van der Waals surface area contributed by atoms with E-state index in [1.54, 1.807) is 6.08 Å². The van der Waals surface area contributed by atoms with E-state index in [0.29, 0.717) is 0 Å². The van der Waals surface area contributed by atoms with Gasteiger partial charge in [-0.3, -0.25) is 4.79 Å². The first-order valence-corrected chi connectivity index (χ1v) is 5.66. The third-order valence-electron chi connectivity index (χ3n) is 2.69. The van der Waals surface area contributed by atoms with Crippen LogP contribution in [0.15, 0.2) is 30.3 Å². The van der Waals surface area contributed by atoms with E-state index in [1.165, 1.54) is 6.08 Å². The molecule has 90 valence electrons. The topological polar surface area (TPSA) is 55.6 Å². The van der Waals surface area contributed by atoms with Crippen LogP contribution in [0.3, 0.4) is 0 Å². The number of primary amides is 1. The molecule has 17 heavy (non-hydrogen) atoms. The maximum absolute atomic E-state index is 10.7. The predicted molar refractivity (Wildman–Crippen MR) is 67.7 cm³/mol. The molecule has 1 aromatic rings. The molecule has 0 atom stereocenters. The van der Waals surface area contributed by atoms with Crippen LogP contribution in [-0.4, -0.2) is 32.2 Å². The van der Waals surface area contributed by atoms with Gasteiger partial charge in [-0.2, -0.15) is 0 Å². The van der Waals surface area contributed by atoms with Gasteiger partial charge in [0.2, 0.25) is 5.91 Å². The number of anilines is 1. The number of amides is 1. The Hall–Kier alpha value is -1.81. The van der Waals surface area contributed by atoms with Crippen LogP contribution in [0.2, 0.25) is 0 Å². The molecule has 0 unspecified atom stereocenters. The van der Waals surface area contributed by atoms with E-state index < -0.39 is 5.91 Å². The third kappa shape index (κ3) is 3.32. The molecule has 1 heterocycles. The standard InChI is InChI=1S/C13H16N2O2/c14-13(16)5-4-11-2-1-3-12(10-11)15-6-8-17-9-7-15/h1-5,10H,6-9H2,(H2,14,16). The van der Waals surface area contributed by atoms with Crippen molar-refractivity contribution in [3.05, 3.63) is 35.9 Å². The van der Waals surface area contributed by atoms with Crippen LogP contribution in [0, 0.1) is 0 Å². The van der Waals surface area contributed by atoms with Crippen LogP contribution < -0.4 is 10.6 Å². The van der Waals surface area contributed by atoms with Crippen LogP contribution in [0.1, 0.15) is 5.56 Å². The Labute approximate surface area is 101 Å². The molecule has 0 radical (unpaired) electrons. The van der Waals surface area contributed by atoms with Crippen LogP contribution >= 0.6 is 0 Å². The highest BCUT2D eigenvalue weighted by Crippen LogP contribution is 2.18. The van der Waals surface area contributed by atoms with Crippen molar-refractivity contribution < 1.29 is 9.53 Å². The minimum atomic E-state index is -0.429. The van der Waals surface area contributed by atoms with E-state index in [9.17, 15) is 4.79 Å². The number of carbonyl (C=O) groups excluding carboxylic acids is 1. The smallest absolute Gasteiger partial charge is 0.241 e. The van der Waals surface area contributed by atoms with Gasteiger partial charge in [0.15, 0.2) is 0 Å². The highest BCUT2D eigenvalue weighted by atomic mass is 16.5. The largest absolute Gasteiger partial charge is 0.378 e. The molecule has 4 heteroatoms. The summed E-state index contributed by atoms with van der Waals surface area (Å²) in [6, 6.07) is 8.03. The Kier molecular flexibility index (Phi) is 3.77. The second kappa shape index (κ2) is 5.50. The minimum Gasteiger partial charge on any atom is -0.378 e. The molecule has 1 fully saturated rings. The van der Waals surface area contributed by atoms with Crippen molar-refractivity contribution in [2.45, 2.75) is 0 Å². The number of nitrogens with zero attached hydrogens (tertiary/aromatic N) is 1. The van der Waals surface area contributed by atoms with E-state index in [4.69, 9.17) is 10.5 Å². The second-order valence-electron chi connectivity index (χ2n) is 3.93. The quantitative estimate of drug-likeness (QED) is 0.792. The molecule has 2 N–H and O–H groups in total. The van der Waals surface area contributed by atoms with Crippen LogP contribution in [0.5, 0.6) is 0 Å². The first kappa shape index (κ1) is 11.7. The van der Waals surface area contributed by atoms with Crippen molar-refractivity contribution in [1.29, 1.82) is 0 Å². The molecule has 1 aliphatic rings. The normalized spacial score (nSPS) is 16.4. The summed E-state index contributed by atoms with van der Waals surface area (Å²) >= 11 is 0. The van der Waals surface area contributed by atoms with Gasteiger partial charge in [-0.15, -0.1) is 0 Å². The fraction of sp³-hybridized carbons (Fsp3) is 0.308. The molecule has 2 rings (SSSR count). The minimum absolute atomic E-state index is 0.429. The first-order valence-electron chi connectivity index (χ1n) is 5.66. The summed E-state index contributed by atoms with van der Waals surface area (Å²) in [5.41, 5.74) is 7.20. The number of hydrogen-bond donors (Lipinski definition) is 1. The molecule has 1 amide bonds. The van der Waals surface area contributed by atoms with E-state index >= 15 is 0 Å². The zero-order chi connectivity index (χ0) is 12.1. The molecular formula is C13H16N2O2. The summed E-state index contributed by atoms with van der Waals surface area (Å²) in [6.45, 7) is 3.34. The van der Waals surface area contributed by atoms with E-state index in [0.717, 1.165) is 37.6 Å². The van der Waals surface area contributed by atoms with Crippen molar-refractivity contribution in [1.82, 2.24) is 0 Å².